The van der Waals surface area contributed by atoms with Crippen molar-refractivity contribution in [2.45, 2.75) is 25.5 Å². The summed E-state index contributed by atoms with van der Waals surface area (Å²) < 4.78 is 41.9. The minimum Gasteiger partial charge on any atom is -0.435 e. The minimum atomic E-state index is -2.99. The van der Waals surface area contributed by atoms with Crippen molar-refractivity contribution in [3.8, 4) is 5.75 Å². The number of nitrogens with one attached hydrogen (secondary N) is 1. The summed E-state index contributed by atoms with van der Waals surface area (Å²) in [5.41, 5.74) is -0.855. The number of hydrogen-bond acceptors (Lipinski definition) is 4. The third kappa shape index (κ3) is 3.94. The highest BCUT2D eigenvalue weighted by Crippen LogP contribution is 2.32. The summed E-state index contributed by atoms with van der Waals surface area (Å²) in [7, 11) is 0. The zero-order chi connectivity index (χ0) is 21.2. The van der Waals surface area contributed by atoms with E-state index in [9.17, 15) is 27.6 Å². The van der Waals surface area contributed by atoms with Crippen LogP contribution in [0.3, 0.4) is 0 Å². The van der Waals surface area contributed by atoms with Gasteiger partial charge in [-0.1, -0.05) is 19.1 Å². The summed E-state index contributed by atoms with van der Waals surface area (Å²) in [4.78, 5) is 38.7. The van der Waals surface area contributed by atoms with Crippen LogP contribution >= 0.6 is 0 Å². The molecule has 2 aromatic rings. The number of nitrogens with zero attached hydrogens (tertiary/aromatic N) is 1. The molecule has 1 fully saturated rings. The van der Waals surface area contributed by atoms with Gasteiger partial charge in [-0.05, 0) is 48.4 Å². The molecule has 6 nitrogen and oxygen atoms in total. The van der Waals surface area contributed by atoms with Crippen LogP contribution in [0.4, 0.5) is 18.0 Å². The van der Waals surface area contributed by atoms with Gasteiger partial charge in [-0.25, -0.2) is 9.18 Å². The maximum atomic E-state index is 13.2. The summed E-state index contributed by atoms with van der Waals surface area (Å²) in [5, 5.41) is 2.60. The van der Waals surface area contributed by atoms with Crippen molar-refractivity contribution in [3.63, 3.8) is 0 Å². The molecule has 1 N–H and O–H groups in total. The van der Waals surface area contributed by atoms with Crippen LogP contribution in [0.25, 0.3) is 0 Å². The molecule has 29 heavy (non-hydrogen) atoms. The molecule has 2 aromatic carbocycles. The lowest BCUT2D eigenvalue weighted by atomic mass is 9.87. The second kappa shape index (κ2) is 7.94. The van der Waals surface area contributed by atoms with Crippen LogP contribution in [0.15, 0.2) is 48.5 Å². The molecule has 0 unspecified atom stereocenters. The Balaban J connectivity index is 1.79. The zero-order valence-corrected chi connectivity index (χ0v) is 15.3. The van der Waals surface area contributed by atoms with Crippen molar-refractivity contribution in [3.05, 3.63) is 65.5 Å². The summed E-state index contributed by atoms with van der Waals surface area (Å²) >= 11 is 0. The summed E-state index contributed by atoms with van der Waals surface area (Å²) in [5.74, 6) is -1.78. The van der Waals surface area contributed by atoms with Gasteiger partial charge in [0.2, 0.25) is 0 Å². The lowest BCUT2D eigenvalue weighted by Crippen LogP contribution is -2.43. The number of hydrogen-bond donors (Lipinski definition) is 1. The lowest BCUT2D eigenvalue weighted by molar-refractivity contribution is -0.131. The normalized spacial score (nSPS) is 18.9. The zero-order valence-electron chi connectivity index (χ0n) is 15.3. The van der Waals surface area contributed by atoms with Crippen LogP contribution in [-0.2, 0) is 10.3 Å². The predicted molar refractivity (Wildman–Crippen MR) is 96.0 cm³/mol. The summed E-state index contributed by atoms with van der Waals surface area (Å²) in [6, 6.07) is 9.37. The number of amides is 3. The number of ketones is 1. The fourth-order valence-electron chi connectivity index (χ4n) is 3.20. The van der Waals surface area contributed by atoms with Crippen molar-refractivity contribution in [1.29, 1.82) is 0 Å². The Bertz CT molecular complexity index is 932. The Morgan fingerprint density at radius 1 is 1.10 bits per heavy atom. The SMILES string of the molecule is CC[C@]1(c2ccc(F)cc2)NC(=O)N(CC(=O)c2ccc(OC(F)F)cc2)C1=O. The number of Topliss-reactive ketones (excluding diaryl/α,β-unsaturated/α-hetero) is 1. The lowest BCUT2D eigenvalue weighted by Gasteiger charge is -2.25. The molecule has 0 bridgehead atoms. The smallest absolute Gasteiger partial charge is 0.387 e. The molecule has 1 heterocycles. The second-order valence-electron chi connectivity index (χ2n) is 6.41. The Morgan fingerprint density at radius 2 is 1.72 bits per heavy atom. The molecule has 1 aliphatic rings. The number of rotatable bonds is 7. The van der Waals surface area contributed by atoms with Crippen molar-refractivity contribution < 1.29 is 32.3 Å². The average molecular weight is 406 g/mol. The van der Waals surface area contributed by atoms with Gasteiger partial charge in [-0.2, -0.15) is 8.78 Å². The van der Waals surface area contributed by atoms with Crippen molar-refractivity contribution in [2.24, 2.45) is 0 Å². The minimum absolute atomic E-state index is 0.118. The van der Waals surface area contributed by atoms with Crippen LogP contribution in [0.5, 0.6) is 5.75 Å². The van der Waals surface area contributed by atoms with Gasteiger partial charge in [-0.15, -0.1) is 0 Å². The predicted octanol–water partition coefficient (Wildman–Crippen LogP) is 3.47. The molecular formula is C20H17F3N2O4. The molecule has 9 heteroatoms. The topological polar surface area (TPSA) is 75.7 Å². The van der Waals surface area contributed by atoms with Crippen LogP contribution in [0, 0.1) is 5.82 Å². The molecule has 3 rings (SSSR count). The molecule has 1 atom stereocenters. The standard InChI is InChI=1S/C20H17F3N2O4/c1-2-20(13-5-7-14(21)8-6-13)17(27)25(19(28)24-20)11-16(26)12-3-9-15(10-4-12)29-18(22)23/h3-10,18H,2,11H2,1H3,(H,24,28)/t20-/m1/s1. The highest BCUT2D eigenvalue weighted by molar-refractivity contribution is 6.11. The fraction of sp³-hybridized carbons (Fsp3) is 0.250. The largest absolute Gasteiger partial charge is 0.435 e. The second-order valence-corrected chi connectivity index (χ2v) is 6.41. The van der Waals surface area contributed by atoms with Gasteiger partial charge in [-0.3, -0.25) is 14.5 Å². The molecule has 1 saturated heterocycles. The van der Waals surface area contributed by atoms with E-state index in [0.717, 1.165) is 4.90 Å². The number of ether oxygens (including phenoxy) is 1. The van der Waals surface area contributed by atoms with Crippen LogP contribution in [-0.4, -0.2) is 35.8 Å². The first-order chi connectivity index (χ1) is 13.8. The van der Waals surface area contributed by atoms with E-state index in [-0.39, 0.29) is 17.7 Å². The van der Waals surface area contributed by atoms with Crippen LogP contribution in [0.1, 0.15) is 29.3 Å². The Kier molecular flexibility index (Phi) is 5.58. The molecule has 3 amide bonds. The van der Waals surface area contributed by atoms with E-state index in [2.05, 4.69) is 10.1 Å². The first-order valence-electron chi connectivity index (χ1n) is 8.75. The van der Waals surface area contributed by atoms with Crippen molar-refractivity contribution in [2.75, 3.05) is 6.54 Å². The van der Waals surface area contributed by atoms with Gasteiger partial charge in [0.15, 0.2) is 5.78 Å². The van der Waals surface area contributed by atoms with Gasteiger partial charge >= 0.3 is 12.6 Å². The van der Waals surface area contributed by atoms with E-state index in [1.54, 1.807) is 6.92 Å². The highest BCUT2D eigenvalue weighted by atomic mass is 19.3. The number of urea groups is 1. The third-order valence-electron chi connectivity index (χ3n) is 4.75. The maximum absolute atomic E-state index is 13.2. The number of benzene rings is 2. The Labute approximate surface area is 164 Å². The summed E-state index contributed by atoms with van der Waals surface area (Å²) in [6.45, 7) is -1.83. The highest BCUT2D eigenvalue weighted by Gasteiger charge is 2.51. The van der Waals surface area contributed by atoms with Gasteiger partial charge in [0.05, 0.1) is 6.54 Å². The van der Waals surface area contributed by atoms with Gasteiger partial charge < -0.3 is 10.1 Å². The van der Waals surface area contributed by atoms with E-state index in [4.69, 9.17) is 0 Å². The van der Waals surface area contributed by atoms with E-state index in [1.165, 1.54) is 48.5 Å². The monoisotopic (exact) mass is 406 g/mol. The molecular weight excluding hydrogens is 389 g/mol. The van der Waals surface area contributed by atoms with E-state index < -0.39 is 42.2 Å². The van der Waals surface area contributed by atoms with Crippen molar-refractivity contribution in [1.82, 2.24) is 10.2 Å². The van der Waals surface area contributed by atoms with E-state index in [0.29, 0.717) is 5.56 Å². The molecule has 0 spiro atoms. The molecule has 0 radical (unpaired) electrons. The molecule has 1 aliphatic heterocycles. The molecule has 0 aliphatic carbocycles. The molecule has 0 saturated carbocycles. The third-order valence-corrected chi connectivity index (χ3v) is 4.75. The van der Waals surface area contributed by atoms with Crippen molar-refractivity contribution >= 4 is 17.7 Å². The van der Waals surface area contributed by atoms with Crippen LogP contribution in [0.2, 0.25) is 0 Å². The molecule has 152 valence electrons. The number of imide groups is 1. The first kappa shape index (κ1) is 20.4. The van der Waals surface area contributed by atoms with Gasteiger partial charge in [0, 0.05) is 5.56 Å². The van der Waals surface area contributed by atoms with Gasteiger partial charge in [0.1, 0.15) is 17.1 Å². The average Bonchev–Trinajstić information content (AvgIpc) is 2.93. The number of carbonyl (C=O) groups excluding carboxylic acids is 3. The Morgan fingerprint density at radius 3 is 2.28 bits per heavy atom. The number of carbonyl (C=O) groups is 3. The maximum Gasteiger partial charge on any atom is 0.387 e. The fourth-order valence-corrected chi connectivity index (χ4v) is 3.20. The van der Waals surface area contributed by atoms with E-state index in [1.807, 2.05) is 0 Å². The van der Waals surface area contributed by atoms with E-state index >= 15 is 0 Å². The number of alkyl halides is 2. The first-order valence-corrected chi connectivity index (χ1v) is 8.75. The van der Waals surface area contributed by atoms with Crippen LogP contribution < -0.4 is 10.1 Å². The quantitative estimate of drug-likeness (QED) is 0.564. The Hall–Kier alpha value is -3.36. The van der Waals surface area contributed by atoms with Gasteiger partial charge in [0.25, 0.3) is 5.91 Å². The summed E-state index contributed by atoms with van der Waals surface area (Å²) in [6.07, 6.45) is 0.202. The molecule has 0 aromatic heterocycles. The number of halogens is 3.